The van der Waals surface area contributed by atoms with Crippen molar-refractivity contribution in [3.63, 3.8) is 0 Å². The largest absolute Gasteiger partial charge is 0.372 e. The number of piperazine rings is 1. The summed E-state index contributed by atoms with van der Waals surface area (Å²) in [6.07, 6.45) is 8.69. The number of carbonyl (C=O) groups excluding carboxylic acids is 1. The molecular weight excluding hydrogens is 292 g/mol. The number of nitrogens with zero attached hydrogens (tertiary/aromatic N) is 4. The van der Waals surface area contributed by atoms with Gasteiger partial charge < -0.3 is 14.2 Å². The summed E-state index contributed by atoms with van der Waals surface area (Å²) in [5.41, 5.74) is 0.580. The SMILES string of the molecule is O=C(c1cn2c(n1)COCC2)N1CCN(C2CCCCC2)CC1. The molecule has 126 valence electrons. The molecule has 4 rings (SSSR count). The second-order valence-electron chi connectivity index (χ2n) is 6.91. The van der Waals surface area contributed by atoms with Crippen molar-refractivity contribution in [2.75, 3.05) is 32.8 Å². The van der Waals surface area contributed by atoms with E-state index in [9.17, 15) is 4.79 Å². The third-order valence-corrected chi connectivity index (χ3v) is 5.48. The van der Waals surface area contributed by atoms with Gasteiger partial charge in [-0.3, -0.25) is 9.69 Å². The highest BCUT2D eigenvalue weighted by molar-refractivity contribution is 5.92. The molecule has 0 radical (unpaired) electrons. The van der Waals surface area contributed by atoms with Crippen LogP contribution >= 0.6 is 0 Å². The highest BCUT2D eigenvalue weighted by atomic mass is 16.5. The van der Waals surface area contributed by atoms with Gasteiger partial charge in [0, 0.05) is 45.0 Å². The second kappa shape index (κ2) is 6.61. The van der Waals surface area contributed by atoms with Crippen LogP contribution in [-0.2, 0) is 17.9 Å². The first-order chi connectivity index (χ1) is 11.3. The Balaban J connectivity index is 1.36. The van der Waals surface area contributed by atoms with Gasteiger partial charge in [0.25, 0.3) is 5.91 Å². The van der Waals surface area contributed by atoms with Gasteiger partial charge in [0.1, 0.15) is 18.1 Å². The number of hydrogen-bond donors (Lipinski definition) is 0. The molecule has 0 spiro atoms. The van der Waals surface area contributed by atoms with E-state index in [1.807, 2.05) is 11.1 Å². The van der Waals surface area contributed by atoms with E-state index in [4.69, 9.17) is 4.74 Å². The fraction of sp³-hybridized carbons (Fsp3) is 0.765. The van der Waals surface area contributed by atoms with Crippen molar-refractivity contribution in [2.24, 2.45) is 0 Å². The number of amides is 1. The van der Waals surface area contributed by atoms with E-state index in [-0.39, 0.29) is 5.91 Å². The molecule has 0 aromatic carbocycles. The minimum Gasteiger partial charge on any atom is -0.372 e. The summed E-state index contributed by atoms with van der Waals surface area (Å²) >= 11 is 0. The van der Waals surface area contributed by atoms with Crippen LogP contribution in [0, 0.1) is 0 Å². The van der Waals surface area contributed by atoms with E-state index in [0.29, 0.717) is 18.9 Å². The number of fused-ring (bicyclic) bond motifs is 1. The van der Waals surface area contributed by atoms with E-state index in [2.05, 4.69) is 14.5 Å². The monoisotopic (exact) mass is 318 g/mol. The summed E-state index contributed by atoms with van der Waals surface area (Å²) in [6.45, 7) is 5.69. The van der Waals surface area contributed by atoms with Gasteiger partial charge in [-0.15, -0.1) is 0 Å². The first-order valence-corrected chi connectivity index (χ1v) is 8.98. The fourth-order valence-corrected chi connectivity index (χ4v) is 4.09. The number of ether oxygens (including phenoxy) is 1. The maximum atomic E-state index is 12.7. The molecule has 0 atom stereocenters. The molecule has 2 fully saturated rings. The summed E-state index contributed by atoms with van der Waals surface area (Å²) in [6, 6.07) is 0.748. The predicted octanol–water partition coefficient (Wildman–Crippen LogP) is 1.50. The molecule has 23 heavy (non-hydrogen) atoms. The van der Waals surface area contributed by atoms with Gasteiger partial charge in [-0.1, -0.05) is 19.3 Å². The van der Waals surface area contributed by atoms with Crippen LogP contribution in [0.15, 0.2) is 6.20 Å². The first kappa shape index (κ1) is 15.1. The highest BCUT2D eigenvalue weighted by Gasteiger charge is 2.28. The average Bonchev–Trinajstić information content (AvgIpc) is 3.06. The van der Waals surface area contributed by atoms with Gasteiger partial charge in [0.05, 0.1) is 6.61 Å². The Kier molecular flexibility index (Phi) is 4.35. The smallest absolute Gasteiger partial charge is 0.274 e. The first-order valence-electron chi connectivity index (χ1n) is 8.98. The van der Waals surface area contributed by atoms with E-state index < -0.39 is 0 Å². The molecule has 0 N–H and O–H groups in total. The van der Waals surface area contributed by atoms with E-state index in [1.165, 1.54) is 32.1 Å². The number of hydrogen-bond acceptors (Lipinski definition) is 4. The van der Waals surface area contributed by atoms with Gasteiger partial charge in [0.15, 0.2) is 0 Å². The minimum absolute atomic E-state index is 0.0789. The fourth-order valence-electron chi connectivity index (χ4n) is 4.09. The number of carbonyl (C=O) groups is 1. The molecule has 6 heteroatoms. The Morgan fingerprint density at radius 1 is 1.09 bits per heavy atom. The molecule has 0 unspecified atom stereocenters. The lowest BCUT2D eigenvalue weighted by Crippen LogP contribution is -2.52. The molecule has 6 nitrogen and oxygen atoms in total. The molecule has 1 saturated heterocycles. The summed E-state index contributed by atoms with van der Waals surface area (Å²) in [5.74, 6) is 0.954. The molecule has 1 saturated carbocycles. The standard InChI is InChI=1S/C17H26N4O2/c22-17(15-12-21-10-11-23-13-16(21)18-15)20-8-6-19(7-9-20)14-4-2-1-3-5-14/h12,14H,1-11,13H2. The Labute approximate surface area is 137 Å². The molecule has 1 aliphatic carbocycles. The number of imidazole rings is 1. The van der Waals surface area contributed by atoms with Crippen molar-refractivity contribution in [1.82, 2.24) is 19.4 Å². The van der Waals surface area contributed by atoms with E-state index >= 15 is 0 Å². The van der Waals surface area contributed by atoms with E-state index in [0.717, 1.165) is 44.6 Å². The second-order valence-corrected chi connectivity index (χ2v) is 6.91. The van der Waals surface area contributed by atoms with Crippen molar-refractivity contribution in [3.05, 3.63) is 17.7 Å². The Morgan fingerprint density at radius 3 is 2.61 bits per heavy atom. The lowest BCUT2D eigenvalue weighted by Gasteiger charge is -2.40. The molecule has 3 heterocycles. The molecule has 2 aliphatic heterocycles. The van der Waals surface area contributed by atoms with Gasteiger partial charge in [0.2, 0.25) is 0 Å². The quantitative estimate of drug-likeness (QED) is 0.829. The summed E-state index contributed by atoms with van der Waals surface area (Å²) in [4.78, 5) is 21.7. The van der Waals surface area contributed by atoms with Crippen LogP contribution in [-0.4, -0.2) is 64.1 Å². The highest BCUT2D eigenvalue weighted by Crippen LogP contribution is 2.23. The van der Waals surface area contributed by atoms with Crippen LogP contribution in [0.2, 0.25) is 0 Å². The van der Waals surface area contributed by atoms with Gasteiger partial charge in [-0.05, 0) is 12.8 Å². The average molecular weight is 318 g/mol. The molecule has 1 aromatic rings. The molecular formula is C17H26N4O2. The van der Waals surface area contributed by atoms with Crippen molar-refractivity contribution in [3.8, 4) is 0 Å². The zero-order chi connectivity index (χ0) is 15.6. The maximum absolute atomic E-state index is 12.7. The number of rotatable bonds is 2. The van der Waals surface area contributed by atoms with Crippen molar-refractivity contribution in [1.29, 1.82) is 0 Å². The van der Waals surface area contributed by atoms with Crippen molar-refractivity contribution in [2.45, 2.75) is 51.3 Å². The van der Waals surface area contributed by atoms with Gasteiger partial charge in [-0.2, -0.15) is 0 Å². The molecule has 0 bridgehead atoms. The van der Waals surface area contributed by atoms with Crippen LogP contribution in [0.3, 0.4) is 0 Å². The van der Waals surface area contributed by atoms with Crippen LogP contribution in [0.5, 0.6) is 0 Å². The Morgan fingerprint density at radius 2 is 1.87 bits per heavy atom. The van der Waals surface area contributed by atoms with Crippen LogP contribution in [0.4, 0.5) is 0 Å². The molecule has 1 amide bonds. The zero-order valence-corrected chi connectivity index (χ0v) is 13.7. The third kappa shape index (κ3) is 3.15. The minimum atomic E-state index is 0.0789. The molecule has 3 aliphatic rings. The molecule has 1 aromatic heterocycles. The van der Waals surface area contributed by atoms with Crippen molar-refractivity contribution >= 4 is 5.91 Å². The van der Waals surface area contributed by atoms with E-state index in [1.54, 1.807) is 0 Å². The summed E-state index contributed by atoms with van der Waals surface area (Å²) in [7, 11) is 0. The van der Waals surface area contributed by atoms with Crippen LogP contribution in [0.25, 0.3) is 0 Å². The van der Waals surface area contributed by atoms with Crippen LogP contribution in [0.1, 0.15) is 48.4 Å². The summed E-state index contributed by atoms with van der Waals surface area (Å²) in [5, 5.41) is 0. The number of aromatic nitrogens is 2. The maximum Gasteiger partial charge on any atom is 0.274 e. The third-order valence-electron chi connectivity index (χ3n) is 5.48. The Bertz CT molecular complexity index is 533. The lowest BCUT2D eigenvalue weighted by molar-refractivity contribution is 0.0518. The van der Waals surface area contributed by atoms with Gasteiger partial charge >= 0.3 is 0 Å². The van der Waals surface area contributed by atoms with Crippen molar-refractivity contribution < 1.29 is 9.53 Å². The predicted molar refractivity (Wildman–Crippen MR) is 86.2 cm³/mol. The lowest BCUT2D eigenvalue weighted by atomic mass is 9.94. The topological polar surface area (TPSA) is 50.6 Å². The normalized spacial score (nSPS) is 23.7. The van der Waals surface area contributed by atoms with Crippen LogP contribution < -0.4 is 0 Å². The van der Waals surface area contributed by atoms with Gasteiger partial charge in [-0.25, -0.2) is 4.98 Å². The summed E-state index contributed by atoms with van der Waals surface area (Å²) < 4.78 is 7.45. The zero-order valence-electron chi connectivity index (χ0n) is 13.7. The Hall–Kier alpha value is -1.40.